The molecule has 0 radical (unpaired) electrons. The molecule has 1 aromatic rings. The standard InChI is InChI=1S/C15H21N3O2/c1-3-15(2,14(16)18-20)17-13(19)12-8-10-6-4-5-7-11(10)9-12/h4-7,12,20H,3,8-9H2,1-2H3,(H2,16,18)(H,17,19). The fourth-order valence-corrected chi connectivity index (χ4v) is 2.56. The van der Waals surface area contributed by atoms with Gasteiger partial charge in [-0.25, -0.2) is 0 Å². The van der Waals surface area contributed by atoms with Crippen LogP contribution >= 0.6 is 0 Å². The predicted molar refractivity (Wildman–Crippen MR) is 77.6 cm³/mol. The fourth-order valence-electron chi connectivity index (χ4n) is 2.56. The van der Waals surface area contributed by atoms with Crippen LogP contribution in [-0.2, 0) is 17.6 Å². The van der Waals surface area contributed by atoms with Crippen molar-refractivity contribution in [2.24, 2.45) is 16.8 Å². The Kier molecular flexibility index (Phi) is 3.97. The van der Waals surface area contributed by atoms with Gasteiger partial charge in [0.25, 0.3) is 0 Å². The number of nitrogens with zero attached hydrogens (tertiary/aromatic N) is 1. The maximum atomic E-state index is 12.4. The van der Waals surface area contributed by atoms with E-state index in [1.54, 1.807) is 6.92 Å². The second kappa shape index (κ2) is 5.53. The molecular formula is C15H21N3O2. The number of nitrogens with two attached hydrogens (primary N) is 1. The van der Waals surface area contributed by atoms with Crippen LogP contribution in [0.4, 0.5) is 0 Å². The molecule has 1 aliphatic rings. The zero-order valence-electron chi connectivity index (χ0n) is 11.9. The molecular weight excluding hydrogens is 254 g/mol. The third-order valence-electron chi connectivity index (χ3n) is 4.20. The van der Waals surface area contributed by atoms with E-state index >= 15 is 0 Å². The maximum absolute atomic E-state index is 12.4. The average Bonchev–Trinajstić information content (AvgIpc) is 2.90. The second-order valence-electron chi connectivity index (χ2n) is 5.53. The zero-order valence-corrected chi connectivity index (χ0v) is 11.9. The van der Waals surface area contributed by atoms with Gasteiger partial charge in [-0.1, -0.05) is 36.3 Å². The molecule has 0 bridgehead atoms. The third kappa shape index (κ3) is 2.61. The van der Waals surface area contributed by atoms with E-state index in [0.717, 1.165) is 12.8 Å². The van der Waals surface area contributed by atoms with Gasteiger partial charge in [-0.05, 0) is 37.3 Å². The highest BCUT2D eigenvalue weighted by atomic mass is 16.4. The number of hydrogen-bond donors (Lipinski definition) is 3. The summed E-state index contributed by atoms with van der Waals surface area (Å²) in [6.45, 7) is 3.66. The number of carbonyl (C=O) groups excluding carboxylic acids is 1. The van der Waals surface area contributed by atoms with Gasteiger partial charge in [0, 0.05) is 5.92 Å². The van der Waals surface area contributed by atoms with Gasteiger partial charge in [0.2, 0.25) is 5.91 Å². The molecule has 5 heteroatoms. The van der Waals surface area contributed by atoms with Crippen LogP contribution in [0.15, 0.2) is 29.4 Å². The number of amidine groups is 1. The molecule has 0 aliphatic heterocycles. The Morgan fingerprint density at radius 1 is 1.45 bits per heavy atom. The molecule has 0 heterocycles. The third-order valence-corrected chi connectivity index (χ3v) is 4.20. The number of rotatable bonds is 4. The minimum Gasteiger partial charge on any atom is -0.409 e. The molecule has 0 aromatic heterocycles. The summed E-state index contributed by atoms with van der Waals surface area (Å²) in [6.07, 6.45) is 2.06. The molecule has 1 amide bonds. The fraction of sp³-hybridized carbons (Fsp3) is 0.467. The SMILES string of the molecule is CCC(C)(NC(=O)C1Cc2ccccc2C1)/C(N)=N/O. The minimum atomic E-state index is -0.805. The average molecular weight is 275 g/mol. The first-order valence-corrected chi connectivity index (χ1v) is 6.87. The van der Waals surface area contributed by atoms with E-state index in [9.17, 15) is 4.79 Å². The summed E-state index contributed by atoms with van der Waals surface area (Å²) in [5.41, 5.74) is 7.34. The molecule has 1 atom stereocenters. The topological polar surface area (TPSA) is 87.7 Å². The molecule has 1 unspecified atom stereocenters. The van der Waals surface area contributed by atoms with Crippen LogP contribution in [0, 0.1) is 5.92 Å². The van der Waals surface area contributed by atoms with Crippen molar-refractivity contribution in [1.29, 1.82) is 0 Å². The lowest BCUT2D eigenvalue weighted by molar-refractivity contribution is -0.125. The van der Waals surface area contributed by atoms with Crippen molar-refractivity contribution >= 4 is 11.7 Å². The summed E-state index contributed by atoms with van der Waals surface area (Å²) >= 11 is 0. The summed E-state index contributed by atoms with van der Waals surface area (Å²) in [5, 5.41) is 14.8. The molecule has 0 saturated carbocycles. The van der Waals surface area contributed by atoms with Gasteiger partial charge in [0.1, 0.15) is 0 Å². The first-order chi connectivity index (χ1) is 9.50. The predicted octanol–water partition coefficient (Wildman–Crippen LogP) is 1.43. The lowest BCUT2D eigenvalue weighted by Crippen LogP contribution is -2.56. The highest BCUT2D eigenvalue weighted by Gasteiger charge is 2.34. The normalized spacial score (nSPS) is 18.4. The van der Waals surface area contributed by atoms with E-state index in [1.807, 2.05) is 19.1 Å². The number of amides is 1. The number of benzene rings is 1. The van der Waals surface area contributed by atoms with E-state index in [0.29, 0.717) is 6.42 Å². The van der Waals surface area contributed by atoms with Crippen LogP contribution < -0.4 is 11.1 Å². The van der Waals surface area contributed by atoms with Crippen LogP contribution in [0.1, 0.15) is 31.4 Å². The van der Waals surface area contributed by atoms with Crippen molar-refractivity contribution in [2.45, 2.75) is 38.6 Å². The highest BCUT2D eigenvalue weighted by Crippen LogP contribution is 2.27. The lowest BCUT2D eigenvalue weighted by Gasteiger charge is -2.29. The molecule has 0 spiro atoms. The van der Waals surface area contributed by atoms with Gasteiger partial charge in [-0.15, -0.1) is 0 Å². The summed E-state index contributed by atoms with van der Waals surface area (Å²) in [4.78, 5) is 12.4. The van der Waals surface area contributed by atoms with Crippen molar-refractivity contribution in [2.75, 3.05) is 0 Å². The first kappa shape index (κ1) is 14.4. The second-order valence-corrected chi connectivity index (χ2v) is 5.53. The van der Waals surface area contributed by atoms with E-state index < -0.39 is 5.54 Å². The molecule has 0 fully saturated rings. The van der Waals surface area contributed by atoms with Gasteiger partial charge in [-0.3, -0.25) is 4.79 Å². The molecule has 1 aliphatic carbocycles. The highest BCUT2D eigenvalue weighted by molar-refractivity contribution is 5.94. The Balaban J connectivity index is 2.07. The monoisotopic (exact) mass is 275 g/mol. The van der Waals surface area contributed by atoms with Gasteiger partial charge in [0.05, 0.1) is 5.54 Å². The van der Waals surface area contributed by atoms with Crippen LogP contribution in [0.25, 0.3) is 0 Å². The van der Waals surface area contributed by atoms with Crippen molar-refractivity contribution in [1.82, 2.24) is 5.32 Å². The van der Waals surface area contributed by atoms with E-state index in [1.165, 1.54) is 11.1 Å². The largest absolute Gasteiger partial charge is 0.409 e. The quantitative estimate of drug-likeness (QED) is 0.336. The van der Waals surface area contributed by atoms with Gasteiger partial charge in [0.15, 0.2) is 5.84 Å². The van der Waals surface area contributed by atoms with E-state index in [-0.39, 0.29) is 17.7 Å². The van der Waals surface area contributed by atoms with Gasteiger partial charge >= 0.3 is 0 Å². The molecule has 20 heavy (non-hydrogen) atoms. The number of fused-ring (bicyclic) bond motifs is 1. The Bertz CT molecular complexity index is 517. The van der Waals surface area contributed by atoms with Crippen molar-refractivity contribution in [3.8, 4) is 0 Å². The minimum absolute atomic E-state index is 0.0314. The summed E-state index contributed by atoms with van der Waals surface area (Å²) in [5.74, 6) is -0.0919. The van der Waals surface area contributed by atoms with Crippen molar-refractivity contribution in [3.63, 3.8) is 0 Å². The van der Waals surface area contributed by atoms with Crippen molar-refractivity contribution in [3.05, 3.63) is 35.4 Å². The summed E-state index contributed by atoms with van der Waals surface area (Å²) in [6, 6.07) is 8.10. The number of nitrogens with one attached hydrogen (secondary N) is 1. The molecule has 4 N–H and O–H groups in total. The van der Waals surface area contributed by atoms with E-state index in [4.69, 9.17) is 10.9 Å². The first-order valence-electron chi connectivity index (χ1n) is 6.87. The van der Waals surface area contributed by atoms with Crippen LogP contribution in [0.5, 0.6) is 0 Å². The molecule has 108 valence electrons. The zero-order chi connectivity index (χ0) is 14.8. The summed E-state index contributed by atoms with van der Waals surface area (Å²) < 4.78 is 0. The molecule has 2 rings (SSSR count). The Labute approximate surface area is 118 Å². The molecule has 0 saturated heterocycles. The maximum Gasteiger partial charge on any atom is 0.224 e. The smallest absolute Gasteiger partial charge is 0.224 e. The van der Waals surface area contributed by atoms with E-state index in [2.05, 4.69) is 22.6 Å². The number of hydrogen-bond acceptors (Lipinski definition) is 3. The summed E-state index contributed by atoms with van der Waals surface area (Å²) in [7, 11) is 0. The van der Waals surface area contributed by atoms with Gasteiger partial charge < -0.3 is 16.3 Å². The van der Waals surface area contributed by atoms with Crippen LogP contribution in [-0.4, -0.2) is 22.5 Å². The molecule has 1 aromatic carbocycles. The van der Waals surface area contributed by atoms with Crippen LogP contribution in [0.2, 0.25) is 0 Å². The van der Waals surface area contributed by atoms with Gasteiger partial charge in [-0.2, -0.15) is 0 Å². The van der Waals surface area contributed by atoms with Crippen LogP contribution in [0.3, 0.4) is 0 Å². The lowest BCUT2D eigenvalue weighted by atomic mass is 9.95. The molecule has 5 nitrogen and oxygen atoms in total. The Hall–Kier alpha value is -2.04. The number of carbonyl (C=O) groups is 1. The Morgan fingerprint density at radius 2 is 2.00 bits per heavy atom. The Morgan fingerprint density at radius 3 is 2.45 bits per heavy atom. The number of oxime groups is 1. The van der Waals surface area contributed by atoms with Crippen molar-refractivity contribution < 1.29 is 10.0 Å².